The molecule has 2 aliphatic rings. The van der Waals surface area contributed by atoms with Gasteiger partial charge in [-0.3, -0.25) is 0 Å². The lowest BCUT2D eigenvalue weighted by molar-refractivity contribution is -0.00874. The Morgan fingerprint density at radius 1 is 0.841 bits per heavy atom. The highest BCUT2D eigenvalue weighted by atomic mass is 16.5. The molecule has 1 saturated heterocycles. The van der Waals surface area contributed by atoms with Gasteiger partial charge < -0.3 is 45.7 Å². The van der Waals surface area contributed by atoms with Crippen molar-refractivity contribution in [2.75, 3.05) is 57.2 Å². The van der Waals surface area contributed by atoms with Gasteiger partial charge in [-0.2, -0.15) is 15.3 Å². The van der Waals surface area contributed by atoms with Crippen LogP contribution in [0.15, 0.2) is 91.4 Å². The Morgan fingerprint density at radius 2 is 1.55 bits per heavy atom. The van der Waals surface area contributed by atoms with Crippen LogP contribution in [0.4, 0.5) is 11.6 Å². The largest absolute Gasteiger partial charge is 0.491 e. The van der Waals surface area contributed by atoms with Gasteiger partial charge in [-0.1, -0.05) is 30.3 Å². The molecule has 0 radical (unpaired) electrons. The number of aliphatic hydroxyl groups is 2. The van der Waals surface area contributed by atoms with Crippen molar-refractivity contribution in [2.45, 2.75) is 82.5 Å². The number of hydrogen-bond donors (Lipinski definition) is 5. The number of hydrogen-bond acceptors (Lipinski definition) is 16. The van der Waals surface area contributed by atoms with Gasteiger partial charge in [0.1, 0.15) is 48.6 Å². The number of nitrogens with one attached hydrogen (secondary N) is 2. The van der Waals surface area contributed by atoms with E-state index in [2.05, 4.69) is 48.5 Å². The standard InChI is InChI=1S/C50H60N14O5/c1-50(2,3)64-49-41(27-56-64)47(58-45(60-49)31-10-7-14-38(20-31)69-29-36(66)25-52-4)61(5)33-16-18-67-43(21-33)39-22-42(39)63-48-40(26-55-63)46(53-24-34-12-8-11-32-15-17-54-62(32)34)57-44(59-48)30-9-6-13-37(19-30)68-28-35(65)23-51/h6-15,17,19-20,26-27,33,35-36,39,42-43,52,65-66H,16,18,21-25,28-29,51H2,1-5H3,(H,53,57,59). The first-order valence-electron chi connectivity index (χ1n) is 23.6. The Morgan fingerprint density at radius 3 is 2.29 bits per heavy atom. The van der Waals surface area contributed by atoms with Crippen LogP contribution in [0, 0.1) is 5.92 Å². The van der Waals surface area contributed by atoms with Gasteiger partial charge in [0.05, 0.1) is 58.6 Å². The summed E-state index contributed by atoms with van der Waals surface area (Å²) in [6.07, 6.45) is 6.58. The highest BCUT2D eigenvalue weighted by Crippen LogP contribution is 2.50. The predicted octanol–water partition coefficient (Wildman–Crippen LogP) is 5.22. The molecule has 1 aliphatic carbocycles. The number of anilines is 2. The van der Waals surface area contributed by atoms with Crippen molar-refractivity contribution in [3.8, 4) is 34.3 Å². The molecule has 2 fully saturated rings. The van der Waals surface area contributed by atoms with E-state index >= 15 is 0 Å². The zero-order chi connectivity index (χ0) is 47.8. The van der Waals surface area contributed by atoms with Crippen LogP contribution in [-0.2, 0) is 16.8 Å². The number of nitrogens with zero attached hydrogens (tertiary/aromatic N) is 11. The van der Waals surface area contributed by atoms with Gasteiger partial charge in [0.2, 0.25) is 0 Å². The van der Waals surface area contributed by atoms with Gasteiger partial charge in [-0.25, -0.2) is 33.8 Å². The first kappa shape index (κ1) is 46.0. The number of ether oxygens (including phenoxy) is 3. The minimum Gasteiger partial charge on any atom is -0.491 e. The second-order valence-electron chi connectivity index (χ2n) is 19.0. The molecule has 69 heavy (non-hydrogen) atoms. The molecule has 6 unspecified atom stereocenters. The molecule has 1 aliphatic heterocycles. The fraction of sp³-hybridized carbons (Fsp3) is 0.420. The lowest BCUT2D eigenvalue weighted by Crippen LogP contribution is -2.42. The number of rotatable bonds is 18. The molecule has 2 aromatic carbocycles. The Labute approximate surface area is 399 Å². The average molecular weight is 937 g/mol. The molecule has 0 spiro atoms. The summed E-state index contributed by atoms with van der Waals surface area (Å²) in [5.41, 5.74) is 10.3. The molecule has 10 rings (SSSR count). The van der Waals surface area contributed by atoms with Gasteiger partial charge in [0.25, 0.3) is 0 Å². The van der Waals surface area contributed by atoms with E-state index in [1.165, 1.54) is 0 Å². The van der Waals surface area contributed by atoms with E-state index in [0.717, 1.165) is 69.5 Å². The van der Waals surface area contributed by atoms with E-state index in [9.17, 15) is 10.2 Å². The molecule has 6 N–H and O–H groups in total. The summed E-state index contributed by atoms with van der Waals surface area (Å²) < 4.78 is 24.4. The molecular formula is C50H60N14O5. The third kappa shape index (κ3) is 9.65. The number of likely N-dealkylation sites (N-methyl/N-ethyl adjacent to an activating group) is 1. The summed E-state index contributed by atoms with van der Waals surface area (Å²) in [7, 11) is 3.91. The molecule has 7 heterocycles. The van der Waals surface area contributed by atoms with Crippen LogP contribution in [0.1, 0.15) is 51.8 Å². The fourth-order valence-corrected chi connectivity index (χ4v) is 9.24. The number of pyridine rings is 1. The van der Waals surface area contributed by atoms with E-state index in [1.807, 2.05) is 99.1 Å². The fourth-order valence-electron chi connectivity index (χ4n) is 9.24. The van der Waals surface area contributed by atoms with Crippen LogP contribution in [0.25, 0.3) is 50.4 Å². The molecule has 8 aromatic rings. The lowest BCUT2D eigenvalue weighted by Gasteiger charge is -2.36. The Kier molecular flexibility index (Phi) is 12.9. The van der Waals surface area contributed by atoms with Gasteiger partial charge in [0, 0.05) is 56.0 Å². The summed E-state index contributed by atoms with van der Waals surface area (Å²) in [5.74, 6) is 3.93. The second-order valence-corrected chi connectivity index (χ2v) is 19.0. The normalized spacial score (nSPS) is 19.2. The maximum Gasteiger partial charge on any atom is 0.164 e. The minimum absolute atomic E-state index is 0.0252. The van der Waals surface area contributed by atoms with Gasteiger partial charge in [-0.15, -0.1) is 0 Å². The van der Waals surface area contributed by atoms with Gasteiger partial charge >= 0.3 is 0 Å². The number of benzene rings is 2. The molecule has 0 amide bonds. The van der Waals surface area contributed by atoms with E-state index < -0.39 is 12.2 Å². The van der Waals surface area contributed by atoms with Gasteiger partial charge in [-0.05, 0) is 89.5 Å². The zero-order valence-corrected chi connectivity index (χ0v) is 39.6. The molecule has 1 saturated carbocycles. The van der Waals surface area contributed by atoms with E-state index in [-0.39, 0.29) is 49.4 Å². The average Bonchev–Trinajstić information content (AvgIpc) is 3.64. The van der Waals surface area contributed by atoms with E-state index in [1.54, 1.807) is 13.2 Å². The Bertz CT molecular complexity index is 3070. The van der Waals surface area contributed by atoms with E-state index in [0.29, 0.717) is 48.7 Å². The molecule has 6 atom stereocenters. The topological polar surface area (TPSA) is 226 Å². The summed E-state index contributed by atoms with van der Waals surface area (Å²) in [5, 5.41) is 42.9. The van der Waals surface area contributed by atoms with Crippen LogP contribution in [-0.4, -0.2) is 131 Å². The smallest absolute Gasteiger partial charge is 0.164 e. The molecule has 360 valence electrons. The third-order valence-electron chi connectivity index (χ3n) is 13.0. The summed E-state index contributed by atoms with van der Waals surface area (Å²) in [4.78, 5) is 22.9. The summed E-state index contributed by atoms with van der Waals surface area (Å²) in [6.45, 7) is 8.18. The van der Waals surface area contributed by atoms with Crippen LogP contribution in [0.3, 0.4) is 0 Å². The maximum absolute atomic E-state index is 10.3. The lowest BCUT2D eigenvalue weighted by atomic mass is 9.98. The Balaban J connectivity index is 0.925. The van der Waals surface area contributed by atoms with Crippen molar-refractivity contribution in [3.63, 3.8) is 0 Å². The van der Waals surface area contributed by atoms with Crippen molar-refractivity contribution in [1.82, 2.24) is 54.4 Å². The molecule has 19 nitrogen and oxygen atoms in total. The predicted molar refractivity (Wildman–Crippen MR) is 263 cm³/mol. The van der Waals surface area contributed by atoms with Crippen molar-refractivity contribution >= 4 is 39.2 Å². The number of fused-ring (bicyclic) bond motifs is 3. The monoisotopic (exact) mass is 936 g/mol. The van der Waals surface area contributed by atoms with Crippen LogP contribution >= 0.6 is 0 Å². The molecule has 19 heteroatoms. The summed E-state index contributed by atoms with van der Waals surface area (Å²) >= 11 is 0. The quantitative estimate of drug-likeness (QED) is 0.0744. The van der Waals surface area contributed by atoms with Crippen LogP contribution in [0.5, 0.6) is 11.5 Å². The molecular weight excluding hydrogens is 877 g/mol. The SMILES string of the molecule is CNCC(O)COc1cccc(-c2nc(N(C)C3CCOC(C4CC4n4ncc5c(NCc6cccc7ccnn67)nc(-c6cccc(OCC(O)CN)c6)nc54)C3)c3cnn(C(C)(C)C)c3n2)c1. The van der Waals surface area contributed by atoms with Crippen molar-refractivity contribution in [3.05, 3.63) is 97.1 Å². The van der Waals surface area contributed by atoms with Crippen LogP contribution in [0.2, 0.25) is 0 Å². The van der Waals surface area contributed by atoms with Crippen molar-refractivity contribution in [1.29, 1.82) is 0 Å². The second kappa shape index (κ2) is 19.3. The molecule has 0 bridgehead atoms. The zero-order valence-electron chi connectivity index (χ0n) is 39.6. The highest BCUT2D eigenvalue weighted by molar-refractivity contribution is 5.90. The summed E-state index contributed by atoms with van der Waals surface area (Å²) in [6, 6.07) is 23.5. The number of nitrogens with two attached hydrogens (primary N) is 1. The Hall–Kier alpha value is -6.77. The number of aromatic nitrogens is 10. The third-order valence-corrected chi connectivity index (χ3v) is 13.0. The van der Waals surface area contributed by atoms with Crippen molar-refractivity contribution in [2.24, 2.45) is 11.7 Å². The van der Waals surface area contributed by atoms with Crippen LogP contribution < -0.4 is 30.7 Å². The first-order valence-corrected chi connectivity index (χ1v) is 23.6. The highest BCUT2D eigenvalue weighted by Gasteiger charge is 2.48. The van der Waals surface area contributed by atoms with Gasteiger partial charge in [0.15, 0.2) is 22.9 Å². The van der Waals surface area contributed by atoms with E-state index in [4.69, 9.17) is 50.1 Å². The maximum atomic E-state index is 10.3. The minimum atomic E-state index is -0.777. The number of aliphatic hydroxyl groups excluding tert-OH is 2. The van der Waals surface area contributed by atoms with Crippen molar-refractivity contribution < 1.29 is 24.4 Å². The molecule has 6 aromatic heterocycles. The first-order chi connectivity index (χ1) is 33.4.